The summed E-state index contributed by atoms with van der Waals surface area (Å²) in [5, 5.41) is 8.43. The van der Waals surface area contributed by atoms with Gasteiger partial charge >= 0.3 is 5.97 Å². The highest BCUT2D eigenvalue weighted by Gasteiger charge is 2.14. The first-order chi connectivity index (χ1) is 15.1. The minimum absolute atomic E-state index is 0.293. The van der Waals surface area contributed by atoms with Crippen LogP contribution in [0.25, 0.3) is 0 Å². The van der Waals surface area contributed by atoms with E-state index in [1.807, 2.05) is 36.4 Å². The molecule has 8 heteroatoms. The molecule has 3 aromatic carbocycles. The van der Waals surface area contributed by atoms with Gasteiger partial charge in [0.1, 0.15) is 0 Å². The number of ether oxygens (including phenoxy) is 2. The molecular formula is C23H20BrN3O3S. The van der Waals surface area contributed by atoms with Crippen LogP contribution in [0.1, 0.15) is 21.5 Å². The van der Waals surface area contributed by atoms with Gasteiger partial charge < -0.3 is 15.2 Å². The number of benzene rings is 3. The third-order valence-corrected chi connectivity index (χ3v) is 5.62. The lowest BCUT2D eigenvalue weighted by atomic mass is 10.2. The highest BCUT2D eigenvalue weighted by atomic mass is 79.9. The Bertz CT molecular complexity index is 1090. The maximum Gasteiger partial charge on any atom is 0.343 e. The molecule has 0 aliphatic carbocycles. The number of halogens is 1. The summed E-state index contributed by atoms with van der Waals surface area (Å²) in [5.74, 6) is 0.927. The molecule has 6 nitrogen and oxygen atoms in total. The Balaban J connectivity index is 1.68. The van der Waals surface area contributed by atoms with Crippen molar-refractivity contribution in [1.29, 1.82) is 0 Å². The Hall–Kier alpha value is -3.10. The number of thioether (sulfide) groups is 1. The second-order valence-electron chi connectivity index (χ2n) is 6.24. The van der Waals surface area contributed by atoms with Gasteiger partial charge in [-0.05, 0) is 45.8 Å². The second-order valence-corrected chi connectivity index (χ2v) is 8.09. The van der Waals surface area contributed by atoms with Gasteiger partial charge in [0.2, 0.25) is 0 Å². The molecule has 3 rings (SSSR count). The summed E-state index contributed by atoms with van der Waals surface area (Å²) in [6, 6.07) is 22.1. The summed E-state index contributed by atoms with van der Waals surface area (Å²) in [6.45, 7) is 0. The monoisotopic (exact) mass is 497 g/mol. The minimum Gasteiger partial charge on any atom is -0.493 e. The summed E-state index contributed by atoms with van der Waals surface area (Å²) in [5.41, 5.74) is 8.22. The number of nitrogens with zero attached hydrogens (tertiary/aromatic N) is 2. The first-order valence-electron chi connectivity index (χ1n) is 9.25. The van der Waals surface area contributed by atoms with Gasteiger partial charge in [-0.1, -0.05) is 60.3 Å². The van der Waals surface area contributed by atoms with Crippen LogP contribution in [0.3, 0.4) is 0 Å². The summed E-state index contributed by atoms with van der Waals surface area (Å²) in [4.78, 5) is 12.3. The van der Waals surface area contributed by atoms with Gasteiger partial charge in [-0.3, -0.25) is 0 Å². The number of carbonyl (C=O) groups excluding carboxylic acids is 1. The average Bonchev–Trinajstić information content (AvgIpc) is 2.80. The van der Waals surface area contributed by atoms with E-state index in [2.05, 4.69) is 26.1 Å². The lowest BCUT2D eigenvalue weighted by molar-refractivity contribution is 0.0729. The standard InChI is InChI=1S/C23H20BrN3O3S/c1-29-20-12-18(14-26-27-23(25)31-15-16-8-4-2-5-9-16)19(24)13-21(20)30-22(28)17-10-6-3-7-11-17/h2-14H,15H2,1H3,(H2,25,27). The number of methoxy groups -OCH3 is 1. The van der Waals surface area contributed by atoms with Gasteiger partial charge in [0.05, 0.1) is 18.9 Å². The Morgan fingerprint density at radius 3 is 2.42 bits per heavy atom. The Kier molecular flexibility index (Phi) is 8.26. The minimum atomic E-state index is -0.472. The van der Waals surface area contributed by atoms with Crippen molar-refractivity contribution in [2.45, 2.75) is 5.75 Å². The Morgan fingerprint density at radius 2 is 1.74 bits per heavy atom. The maximum atomic E-state index is 12.3. The average molecular weight is 498 g/mol. The van der Waals surface area contributed by atoms with Crippen molar-refractivity contribution in [1.82, 2.24) is 0 Å². The molecule has 0 amide bonds. The summed E-state index contributed by atoms with van der Waals surface area (Å²) in [7, 11) is 1.50. The summed E-state index contributed by atoms with van der Waals surface area (Å²) in [6.07, 6.45) is 1.55. The van der Waals surface area contributed by atoms with Crippen molar-refractivity contribution < 1.29 is 14.3 Å². The smallest absolute Gasteiger partial charge is 0.343 e. The first kappa shape index (κ1) is 22.6. The molecule has 0 aliphatic heterocycles. The highest BCUT2D eigenvalue weighted by molar-refractivity contribution is 9.10. The summed E-state index contributed by atoms with van der Waals surface area (Å²) < 4.78 is 11.5. The van der Waals surface area contributed by atoms with Crippen LogP contribution in [0.15, 0.2) is 87.5 Å². The van der Waals surface area contributed by atoms with E-state index in [4.69, 9.17) is 15.2 Å². The predicted octanol–water partition coefficient (Wildman–Crippen LogP) is 5.26. The molecule has 158 valence electrons. The van der Waals surface area contributed by atoms with E-state index in [1.165, 1.54) is 18.9 Å². The zero-order chi connectivity index (χ0) is 22.1. The van der Waals surface area contributed by atoms with Gasteiger partial charge in [0, 0.05) is 15.8 Å². The van der Waals surface area contributed by atoms with E-state index in [1.54, 1.807) is 42.6 Å². The molecule has 0 aromatic heterocycles. The van der Waals surface area contributed by atoms with E-state index in [0.29, 0.717) is 38.0 Å². The van der Waals surface area contributed by atoms with Crippen LogP contribution in [0.5, 0.6) is 11.5 Å². The van der Waals surface area contributed by atoms with Crippen molar-refractivity contribution in [3.05, 3.63) is 94.0 Å². The Labute approximate surface area is 193 Å². The van der Waals surface area contributed by atoms with Crippen LogP contribution in [0.4, 0.5) is 0 Å². The number of hydrogen-bond donors (Lipinski definition) is 1. The zero-order valence-corrected chi connectivity index (χ0v) is 19.1. The van der Waals surface area contributed by atoms with Gasteiger partial charge in [0.15, 0.2) is 16.7 Å². The molecule has 0 atom stereocenters. The van der Waals surface area contributed by atoms with Crippen molar-refractivity contribution in [3.8, 4) is 11.5 Å². The number of carbonyl (C=O) groups is 1. The topological polar surface area (TPSA) is 86.3 Å². The van der Waals surface area contributed by atoms with Crippen LogP contribution in [0, 0.1) is 0 Å². The quantitative estimate of drug-likeness (QED) is 0.158. The molecule has 3 aromatic rings. The third-order valence-electron chi connectivity index (χ3n) is 4.08. The zero-order valence-electron chi connectivity index (χ0n) is 16.7. The molecule has 0 spiro atoms. The highest BCUT2D eigenvalue weighted by Crippen LogP contribution is 2.33. The van der Waals surface area contributed by atoms with Crippen LogP contribution in [0.2, 0.25) is 0 Å². The largest absolute Gasteiger partial charge is 0.493 e. The molecule has 0 fully saturated rings. The van der Waals surface area contributed by atoms with Crippen molar-refractivity contribution in [2.24, 2.45) is 15.9 Å². The van der Waals surface area contributed by atoms with E-state index in [0.717, 1.165) is 5.56 Å². The third kappa shape index (κ3) is 6.70. The molecule has 31 heavy (non-hydrogen) atoms. The van der Waals surface area contributed by atoms with Gasteiger partial charge in [-0.25, -0.2) is 4.79 Å². The molecule has 0 aliphatic rings. The number of rotatable bonds is 7. The fourth-order valence-corrected chi connectivity index (χ4v) is 3.57. The normalized spacial score (nSPS) is 11.5. The summed E-state index contributed by atoms with van der Waals surface area (Å²) >= 11 is 4.87. The SMILES string of the molecule is COc1cc(C=NN=C(N)SCc2ccccc2)c(Br)cc1OC(=O)c1ccccc1. The van der Waals surface area contributed by atoms with E-state index in [9.17, 15) is 4.79 Å². The first-order valence-corrected chi connectivity index (χ1v) is 11.0. The van der Waals surface area contributed by atoms with E-state index >= 15 is 0 Å². The Morgan fingerprint density at radius 1 is 1.06 bits per heavy atom. The molecule has 0 saturated heterocycles. The molecule has 0 saturated carbocycles. The molecule has 0 unspecified atom stereocenters. The number of nitrogens with two attached hydrogens (primary N) is 1. The second kappa shape index (κ2) is 11.3. The number of amidine groups is 1. The van der Waals surface area contributed by atoms with Crippen molar-refractivity contribution >= 4 is 45.0 Å². The number of hydrogen-bond acceptors (Lipinski definition) is 6. The fourth-order valence-electron chi connectivity index (χ4n) is 2.53. The van der Waals surface area contributed by atoms with Gasteiger partial charge in [0.25, 0.3) is 0 Å². The molecular weight excluding hydrogens is 478 g/mol. The predicted molar refractivity (Wildman–Crippen MR) is 129 cm³/mol. The van der Waals surface area contributed by atoms with Crippen molar-refractivity contribution in [2.75, 3.05) is 7.11 Å². The number of esters is 1. The maximum absolute atomic E-state index is 12.3. The molecule has 0 heterocycles. The van der Waals surface area contributed by atoms with Crippen LogP contribution in [-0.4, -0.2) is 24.5 Å². The van der Waals surface area contributed by atoms with Crippen LogP contribution >= 0.6 is 27.7 Å². The van der Waals surface area contributed by atoms with E-state index in [-0.39, 0.29) is 0 Å². The van der Waals surface area contributed by atoms with Gasteiger partial charge in [-0.15, -0.1) is 5.10 Å². The molecule has 2 N–H and O–H groups in total. The molecule has 0 bridgehead atoms. The molecule has 0 radical (unpaired) electrons. The van der Waals surface area contributed by atoms with Gasteiger partial charge in [-0.2, -0.15) is 5.10 Å². The fraction of sp³-hybridized carbons (Fsp3) is 0.0870. The lowest BCUT2D eigenvalue weighted by Crippen LogP contribution is -2.09. The lowest BCUT2D eigenvalue weighted by Gasteiger charge is -2.11. The van der Waals surface area contributed by atoms with E-state index < -0.39 is 5.97 Å². The van der Waals surface area contributed by atoms with Crippen LogP contribution < -0.4 is 15.2 Å². The van der Waals surface area contributed by atoms with Crippen LogP contribution in [-0.2, 0) is 5.75 Å². The van der Waals surface area contributed by atoms with Crippen molar-refractivity contribution in [3.63, 3.8) is 0 Å².